The number of aliphatic hydroxyl groups excluding tert-OH is 4. The summed E-state index contributed by atoms with van der Waals surface area (Å²) in [7, 11) is 0. The molecule has 21 heteroatoms. The fraction of sp³-hybridized carbons (Fsp3) is 0.400. The molecule has 0 aliphatic carbocycles. The third kappa shape index (κ3) is 33.0. The Hall–Kier alpha value is -3.12. The van der Waals surface area contributed by atoms with Gasteiger partial charge in [0.2, 0.25) is 0 Å². The summed E-state index contributed by atoms with van der Waals surface area (Å²) in [6, 6.07) is 0. The van der Waals surface area contributed by atoms with Crippen LogP contribution in [0.25, 0.3) is 0 Å². The zero-order chi connectivity index (χ0) is 33.4. The first-order valence-electron chi connectivity index (χ1n) is 9.29. The van der Waals surface area contributed by atoms with Crippen LogP contribution in [0.1, 0.15) is 27.7 Å². The van der Waals surface area contributed by atoms with Gasteiger partial charge in [-0.25, -0.2) is 0 Å². The second-order valence-electron chi connectivity index (χ2n) is 6.59. The molecule has 0 aromatic rings. The van der Waals surface area contributed by atoms with Gasteiger partial charge in [-0.1, -0.05) is 0 Å². The van der Waals surface area contributed by atoms with Crippen molar-refractivity contribution in [1.82, 2.24) is 0 Å². The molecule has 0 aromatic carbocycles. The third-order valence-corrected chi connectivity index (χ3v) is 2.48. The summed E-state index contributed by atoms with van der Waals surface area (Å²) in [4.78, 5) is 39.7. The van der Waals surface area contributed by atoms with E-state index in [4.69, 9.17) is 20.4 Å². The van der Waals surface area contributed by atoms with Crippen LogP contribution in [0.2, 0.25) is 0 Å². The Labute approximate surface area is 241 Å². The number of hydrogen-bond donors (Lipinski definition) is 4. The maximum absolute atomic E-state index is 11.3. The molecule has 0 aliphatic heterocycles. The van der Waals surface area contributed by atoms with Crippen LogP contribution in [0.4, 0.5) is 52.7 Å². The van der Waals surface area contributed by atoms with E-state index in [0.717, 1.165) is 27.7 Å². The van der Waals surface area contributed by atoms with Gasteiger partial charge in [0, 0.05) is 50.5 Å². The number of rotatable bonds is 4. The van der Waals surface area contributed by atoms with Gasteiger partial charge in [0.1, 0.15) is 0 Å². The monoisotopic (exact) mass is 706 g/mol. The van der Waals surface area contributed by atoms with Gasteiger partial charge in [-0.2, -0.15) is 52.7 Å². The number of carbonyl (C=O) groups excluding carboxylic acids is 4. The van der Waals surface area contributed by atoms with E-state index in [2.05, 4.69) is 0 Å². The minimum absolute atomic E-state index is 0. The Morgan fingerprint density at radius 1 is 0.390 bits per heavy atom. The molecule has 0 saturated carbocycles. The molecular formula is C20H20F12O8Zr. The van der Waals surface area contributed by atoms with E-state index in [9.17, 15) is 71.9 Å². The number of carbonyl (C=O) groups is 4. The summed E-state index contributed by atoms with van der Waals surface area (Å²) in [6.07, 6.45) is -19.0. The van der Waals surface area contributed by atoms with Gasteiger partial charge in [0.25, 0.3) is 23.1 Å². The van der Waals surface area contributed by atoms with Gasteiger partial charge in [0.05, 0.1) is 23.0 Å². The number of hydrogen-bond acceptors (Lipinski definition) is 8. The minimum atomic E-state index is -4.88. The summed E-state index contributed by atoms with van der Waals surface area (Å²) in [5, 5.41) is 32.9. The molecule has 0 bridgehead atoms. The Morgan fingerprint density at radius 2 is 0.488 bits per heavy atom. The van der Waals surface area contributed by atoms with Crippen LogP contribution in [0.15, 0.2) is 47.3 Å². The first-order valence-corrected chi connectivity index (χ1v) is 9.29. The zero-order valence-electron chi connectivity index (χ0n) is 20.8. The summed E-state index contributed by atoms with van der Waals surface area (Å²) in [5.41, 5.74) is 0. The molecule has 0 unspecified atom stereocenters. The molecule has 0 heterocycles. The molecule has 0 fully saturated rings. The van der Waals surface area contributed by atoms with Crippen LogP contribution in [-0.4, -0.2) is 68.3 Å². The summed E-state index contributed by atoms with van der Waals surface area (Å²) < 4.78 is 136. The van der Waals surface area contributed by atoms with Gasteiger partial charge in [0.15, 0.2) is 0 Å². The van der Waals surface area contributed by atoms with Crippen LogP contribution in [0.5, 0.6) is 0 Å². The van der Waals surface area contributed by atoms with Crippen molar-refractivity contribution in [2.45, 2.75) is 52.4 Å². The van der Waals surface area contributed by atoms with Crippen LogP contribution in [0, 0.1) is 0 Å². The van der Waals surface area contributed by atoms with Crippen molar-refractivity contribution in [2.75, 3.05) is 0 Å². The van der Waals surface area contributed by atoms with Crippen molar-refractivity contribution >= 4 is 23.1 Å². The quantitative estimate of drug-likeness (QED) is 0.151. The fourth-order valence-corrected chi connectivity index (χ4v) is 1.09. The fourth-order valence-electron chi connectivity index (χ4n) is 1.09. The predicted octanol–water partition coefficient (Wildman–Crippen LogP) is 6.32. The first kappa shape index (κ1) is 47.7. The largest absolute Gasteiger partial charge is 0.512 e. The molecule has 0 radical (unpaired) electrons. The molecule has 0 spiro atoms. The van der Waals surface area contributed by atoms with Gasteiger partial charge in [-0.05, 0) is 27.7 Å². The van der Waals surface area contributed by atoms with Crippen molar-refractivity contribution in [2.24, 2.45) is 0 Å². The van der Waals surface area contributed by atoms with Crippen LogP contribution in [0.3, 0.4) is 0 Å². The normalized spacial score (nSPS) is 13.1. The molecule has 0 saturated heterocycles. The van der Waals surface area contributed by atoms with E-state index < -0.39 is 70.9 Å². The average Bonchev–Trinajstić information content (AvgIpc) is 2.64. The van der Waals surface area contributed by atoms with E-state index in [1.807, 2.05) is 0 Å². The Balaban J connectivity index is -0.000000139. The smallest absolute Gasteiger partial charge is 0.454 e. The Kier molecular flexibility index (Phi) is 23.1. The minimum Gasteiger partial charge on any atom is -0.512 e. The maximum Gasteiger partial charge on any atom is 0.454 e. The van der Waals surface area contributed by atoms with E-state index in [1.165, 1.54) is 0 Å². The second kappa shape index (κ2) is 19.9. The number of halogens is 12. The predicted molar refractivity (Wildman–Crippen MR) is 110 cm³/mol. The van der Waals surface area contributed by atoms with E-state index in [1.54, 1.807) is 0 Å². The molecule has 0 rings (SSSR count). The maximum atomic E-state index is 11.3. The number of allylic oxidation sites excluding steroid dienone is 8. The third-order valence-electron chi connectivity index (χ3n) is 2.48. The van der Waals surface area contributed by atoms with Gasteiger partial charge in [-0.3, -0.25) is 19.2 Å². The van der Waals surface area contributed by atoms with E-state index in [-0.39, 0.29) is 50.5 Å². The van der Waals surface area contributed by atoms with Gasteiger partial charge >= 0.3 is 24.7 Å². The molecule has 0 amide bonds. The van der Waals surface area contributed by atoms with E-state index in [0.29, 0.717) is 0 Å². The van der Waals surface area contributed by atoms with Crippen molar-refractivity contribution in [1.29, 1.82) is 0 Å². The molecule has 4 N–H and O–H groups in total. The summed E-state index contributed by atoms with van der Waals surface area (Å²) >= 11 is 0. The standard InChI is InChI=1S/4C5H5F3O2.Zr/c4*1-3(9)2-4(10)5(6,7)8;/h4*2,9H,1H3;. The molecular weight excluding hydrogens is 687 g/mol. The molecule has 41 heavy (non-hydrogen) atoms. The molecule has 0 aromatic heterocycles. The van der Waals surface area contributed by atoms with E-state index >= 15 is 0 Å². The topological polar surface area (TPSA) is 149 Å². The zero-order valence-corrected chi connectivity index (χ0v) is 23.2. The number of ketones is 4. The van der Waals surface area contributed by atoms with Crippen LogP contribution in [-0.2, 0) is 45.4 Å². The molecule has 0 atom stereocenters. The molecule has 236 valence electrons. The Bertz CT molecular complexity index is 824. The second-order valence-corrected chi connectivity index (χ2v) is 6.59. The van der Waals surface area contributed by atoms with Crippen LogP contribution >= 0.6 is 0 Å². The summed E-state index contributed by atoms with van der Waals surface area (Å²) in [5.74, 6) is -10.8. The van der Waals surface area contributed by atoms with Crippen molar-refractivity contribution in [3.05, 3.63) is 47.3 Å². The number of alkyl halides is 12. The van der Waals surface area contributed by atoms with Crippen molar-refractivity contribution in [3.63, 3.8) is 0 Å². The van der Waals surface area contributed by atoms with Gasteiger partial charge in [-0.15, -0.1) is 0 Å². The van der Waals surface area contributed by atoms with Crippen LogP contribution < -0.4 is 0 Å². The number of aliphatic hydroxyl groups is 4. The van der Waals surface area contributed by atoms with Crippen molar-refractivity contribution in [3.8, 4) is 0 Å². The first-order chi connectivity index (χ1) is 17.3. The molecule has 8 nitrogen and oxygen atoms in total. The summed E-state index contributed by atoms with van der Waals surface area (Å²) in [6.45, 7) is 3.96. The SMILES string of the molecule is CC(O)=CC(=O)C(F)(F)F.CC(O)=CC(=O)C(F)(F)F.CC(O)=CC(=O)C(F)(F)F.CC(O)=CC(=O)C(F)(F)F.[Zr]. The average molecular weight is 708 g/mol. The van der Waals surface area contributed by atoms with Gasteiger partial charge < -0.3 is 20.4 Å². The molecule has 0 aliphatic rings. The Morgan fingerprint density at radius 3 is 0.512 bits per heavy atom. The van der Waals surface area contributed by atoms with Crippen molar-refractivity contribution < 1.29 is 118 Å².